The Kier molecular flexibility index (Phi) is 3.61. The first kappa shape index (κ1) is 15.2. The normalized spacial score (nSPS) is 11.0. The van der Waals surface area contributed by atoms with Gasteiger partial charge >= 0.3 is 0 Å². The molecule has 1 aromatic carbocycles. The Balaban J connectivity index is 2.22. The second-order valence-corrected chi connectivity index (χ2v) is 5.81. The minimum Gasteiger partial charge on any atom is -0.472 e. The van der Waals surface area contributed by atoms with Crippen LogP contribution >= 0.6 is 0 Å². The highest BCUT2D eigenvalue weighted by Crippen LogP contribution is 2.32. The first-order chi connectivity index (χ1) is 12.2. The molecule has 0 bridgehead atoms. The molecule has 0 aliphatic carbocycles. The molecule has 3 aromatic heterocycles. The van der Waals surface area contributed by atoms with Gasteiger partial charge < -0.3 is 9.73 Å². The molecule has 0 aliphatic heterocycles. The van der Waals surface area contributed by atoms with Gasteiger partial charge in [-0.25, -0.2) is 4.98 Å². The number of furan rings is 1. The third-order valence-electron chi connectivity index (χ3n) is 4.24. The van der Waals surface area contributed by atoms with Crippen molar-refractivity contribution < 1.29 is 4.42 Å². The minimum atomic E-state index is -0.137. The molecular formula is C20H17N3O2. The van der Waals surface area contributed by atoms with Gasteiger partial charge in [0.2, 0.25) is 0 Å². The fraction of sp³-hybridized carbons (Fsp3) is 0.100. The number of aryl methyl sites for hydroxylation is 1. The van der Waals surface area contributed by atoms with Crippen molar-refractivity contribution in [2.24, 2.45) is 0 Å². The molecular weight excluding hydrogens is 314 g/mol. The van der Waals surface area contributed by atoms with Crippen molar-refractivity contribution in [3.05, 3.63) is 77.1 Å². The van der Waals surface area contributed by atoms with Crippen LogP contribution in [0.2, 0.25) is 0 Å². The number of hydrogen-bond acceptors (Lipinski definition) is 4. The molecule has 4 rings (SSSR count). The van der Waals surface area contributed by atoms with Crippen LogP contribution < -0.4 is 10.9 Å². The standard InChI is InChI=1S/C20H17N3O2/c1-13-8-9-16-18(21-2)17(14-10-11-25-12-14)20(24)23(19(16)22-13)15-6-4-3-5-7-15/h3-12,21H,1-2H3. The highest BCUT2D eigenvalue weighted by molar-refractivity contribution is 5.98. The summed E-state index contributed by atoms with van der Waals surface area (Å²) in [6, 6.07) is 15.3. The summed E-state index contributed by atoms with van der Waals surface area (Å²) in [4.78, 5) is 18.1. The predicted octanol–water partition coefficient (Wildman–Crippen LogP) is 4.00. The zero-order valence-electron chi connectivity index (χ0n) is 14.0. The molecule has 5 heteroatoms. The molecule has 0 saturated heterocycles. The molecule has 5 nitrogen and oxygen atoms in total. The Labute approximate surface area is 144 Å². The highest BCUT2D eigenvalue weighted by Gasteiger charge is 2.20. The number of benzene rings is 1. The van der Waals surface area contributed by atoms with Gasteiger partial charge in [-0.1, -0.05) is 18.2 Å². The third-order valence-corrected chi connectivity index (χ3v) is 4.24. The molecule has 1 N–H and O–H groups in total. The summed E-state index contributed by atoms with van der Waals surface area (Å²) >= 11 is 0. The van der Waals surface area contributed by atoms with E-state index in [0.717, 1.165) is 28.0 Å². The fourth-order valence-corrected chi connectivity index (χ4v) is 3.11. The summed E-state index contributed by atoms with van der Waals surface area (Å²) in [5, 5.41) is 4.05. The lowest BCUT2D eigenvalue weighted by atomic mass is 10.0. The summed E-state index contributed by atoms with van der Waals surface area (Å²) in [5.41, 5.74) is 4.19. The van der Waals surface area contributed by atoms with E-state index in [1.165, 1.54) is 0 Å². The van der Waals surface area contributed by atoms with Crippen molar-refractivity contribution in [2.45, 2.75) is 6.92 Å². The maximum atomic E-state index is 13.4. The van der Waals surface area contributed by atoms with Crippen molar-refractivity contribution in [1.29, 1.82) is 0 Å². The highest BCUT2D eigenvalue weighted by atomic mass is 16.3. The van der Waals surface area contributed by atoms with E-state index < -0.39 is 0 Å². The summed E-state index contributed by atoms with van der Waals surface area (Å²) in [6.45, 7) is 1.92. The Morgan fingerprint density at radius 3 is 2.56 bits per heavy atom. The number of anilines is 1. The number of rotatable bonds is 3. The fourth-order valence-electron chi connectivity index (χ4n) is 3.11. The first-order valence-corrected chi connectivity index (χ1v) is 8.03. The van der Waals surface area contributed by atoms with E-state index in [-0.39, 0.29) is 5.56 Å². The third kappa shape index (κ3) is 2.41. The topological polar surface area (TPSA) is 60.1 Å². The number of para-hydroxylation sites is 1. The predicted molar refractivity (Wildman–Crippen MR) is 99.3 cm³/mol. The van der Waals surface area contributed by atoms with Gasteiger partial charge in [0.15, 0.2) is 0 Å². The smallest absolute Gasteiger partial charge is 0.266 e. The average Bonchev–Trinajstić information content (AvgIpc) is 3.15. The molecule has 4 aromatic rings. The van der Waals surface area contributed by atoms with Crippen LogP contribution in [0.25, 0.3) is 27.8 Å². The Morgan fingerprint density at radius 2 is 1.88 bits per heavy atom. The number of fused-ring (bicyclic) bond motifs is 1. The summed E-state index contributed by atoms with van der Waals surface area (Å²) in [6.07, 6.45) is 3.15. The van der Waals surface area contributed by atoms with Gasteiger partial charge in [0.05, 0.1) is 29.5 Å². The second kappa shape index (κ2) is 5.94. The summed E-state index contributed by atoms with van der Waals surface area (Å²) in [7, 11) is 1.81. The van der Waals surface area contributed by atoms with E-state index in [0.29, 0.717) is 11.2 Å². The molecule has 0 amide bonds. The lowest BCUT2D eigenvalue weighted by Gasteiger charge is -2.17. The van der Waals surface area contributed by atoms with E-state index in [2.05, 4.69) is 10.3 Å². The van der Waals surface area contributed by atoms with Crippen LogP contribution in [0, 0.1) is 6.92 Å². The van der Waals surface area contributed by atoms with Crippen LogP contribution in [0.1, 0.15) is 5.69 Å². The van der Waals surface area contributed by atoms with Gasteiger partial charge in [-0.15, -0.1) is 0 Å². The largest absolute Gasteiger partial charge is 0.472 e. The van der Waals surface area contributed by atoms with Gasteiger partial charge in [0, 0.05) is 23.7 Å². The average molecular weight is 331 g/mol. The zero-order valence-corrected chi connectivity index (χ0v) is 14.0. The Bertz CT molecular complexity index is 1100. The Morgan fingerprint density at radius 1 is 1.08 bits per heavy atom. The van der Waals surface area contributed by atoms with Gasteiger partial charge in [0.25, 0.3) is 5.56 Å². The van der Waals surface area contributed by atoms with Gasteiger partial charge in [-0.2, -0.15) is 0 Å². The number of nitrogens with one attached hydrogen (secondary N) is 1. The number of aromatic nitrogens is 2. The second-order valence-electron chi connectivity index (χ2n) is 5.81. The molecule has 0 saturated carbocycles. The van der Waals surface area contributed by atoms with Crippen molar-refractivity contribution in [3.63, 3.8) is 0 Å². The number of hydrogen-bond donors (Lipinski definition) is 1. The molecule has 0 unspecified atom stereocenters. The molecule has 25 heavy (non-hydrogen) atoms. The lowest BCUT2D eigenvalue weighted by molar-refractivity contribution is 0.568. The van der Waals surface area contributed by atoms with E-state index in [1.54, 1.807) is 23.2 Å². The molecule has 3 heterocycles. The zero-order chi connectivity index (χ0) is 17.4. The lowest BCUT2D eigenvalue weighted by Crippen LogP contribution is -2.23. The molecule has 0 radical (unpaired) electrons. The first-order valence-electron chi connectivity index (χ1n) is 8.03. The summed E-state index contributed by atoms with van der Waals surface area (Å²) in [5.74, 6) is 0. The molecule has 0 fully saturated rings. The molecule has 0 spiro atoms. The van der Waals surface area contributed by atoms with Crippen molar-refractivity contribution in [2.75, 3.05) is 12.4 Å². The number of pyridine rings is 2. The SMILES string of the molecule is CNc1c(-c2ccoc2)c(=O)n(-c2ccccc2)c2nc(C)ccc12. The Hall–Kier alpha value is -3.34. The van der Waals surface area contributed by atoms with Crippen LogP contribution in [0.4, 0.5) is 5.69 Å². The summed E-state index contributed by atoms with van der Waals surface area (Å²) < 4.78 is 6.87. The van der Waals surface area contributed by atoms with Gasteiger partial charge in [-0.3, -0.25) is 9.36 Å². The van der Waals surface area contributed by atoms with Crippen molar-refractivity contribution in [3.8, 4) is 16.8 Å². The van der Waals surface area contributed by atoms with Crippen LogP contribution in [0.5, 0.6) is 0 Å². The van der Waals surface area contributed by atoms with E-state index in [1.807, 2.05) is 56.4 Å². The molecule has 0 aliphatic rings. The molecule has 124 valence electrons. The van der Waals surface area contributed by atoms with Crippen LogP contribution in [-0.4, -0.2) is 16.6 Å². The number of nitrogens with zero attached hydrogens (tertiary/aromatic N) is 2. The maximum Gasteiger partial charge on any atom is 0.266 e. The van der Waals surface area contributed by atoms with E-state index in [9.17, 15) is 4.79 Å². The minimum absolute atomic E-state index is 0.137. The van der Waals surface area contributed by atoms with E-state index in [4.69, 9.17) is 4.42 Å². The van der Waals surface area contributed by atoms with Crippen LogP contribution in [-0.2, 0) is 0 Å². The monoisotopic (exact) mass is 331 g/mol. The van der Waals surface area contributed by atoms with Crippen LogP contribution in [0.15, 0.2) is 70.3 Å². The molecule has 0 atom stereocenters. The van der Waals surface area contributed by atoms with Crippen LogP contribution in [0.3, 0.4) is 0 Å². The maximum absolute atomic E-state index is 13.4. The van der Waals surface area contributed by atoms with E-state index >= 15 is 0 Å². The van der Waals surface area contributed by atoms with Gasteiger partial charge in [-0.05, 0) is 37.3 Å². The quantitative estimate of drug-likeness (QED) is 0.616. The van der Waals surface area contributed by atoms with Crippen molar-refractivity contribution >= 4 is 16.7 Å². The van der Waals surface area contributed by atoms with Crippen molar-refractivity contribution in [1.82, 2.24) is 9.55 Å². The van der Waals surface area contributed by atoms with Gasteiger partial charge in [0.1, 0.15) is 5.65 Å².